The van der Waals surface area contributed by atoms with Crippen LogP contribution in [0.25, 0.3) is 5.57 Å². The molecule has 1 saturated carbocycles. The number of nitro benzene ring substituents is 2. The highest BCUT2D eigenvalue weighted by atomic mass is 19.1. The van der Waals surface area contributed by atoms with E-state index in [9.17, 15) is 34.9 Å². The number of carbonyl (C=O) groups is 4. The number of benzene rings is 4. The fourth-order valence-electron chi connectivity index (χ4n) is 9.66. The van der Waals surface area contributed by atoms with Crippen LogP contribution in [0.15, 0.2) is 109 Å². The van der Waals surface area contributed by atoms with Crippen molar-refractivity contribution in [1.29, 1.82) is 0 Å². The van der Waals surface area contributed by atoms with E-state index < -0.39 is 85.4 Å². The Labute approximate surface area is 318 Å². The van der Waals surface area contributed by atoms with Crippen molar-refractivity contribution < 1.29 is 38.5 Å². The highest BCUT2D eigenvalue weighted by Crippen LogP contribution is 2.64. The Balaban J connectivity index is 1.33. The number of hydrogen-bond acceptors (Lipinski definition) is 10. The number of fused-ring (bicyclic) bond motifs is 4. The van der Waals surface area contributed by atoms with Crippen molar-refractivity contribution in [2.45, 2.75) is 24.2 Å². The molecule has 1 aliphatic heterocycles. The summed E-state index contributed by atoms with van der Waals surface area (Å²) < 4.78 is 15.4. The zero-order valence-corrected chi connectivity index (χ0v) is 30.0. The third kappa shape index (κ3) is 5.19. The lowest BCUT2D eigenvalue weighted by Crippen LogP contribution is -2.58. The lowest BCUT2D eigenvalue weighted by molar-refractivity contribution is -0.392. The van der Waals surface area contributed by atoms with Gasteiger partial charge in [0, 0.05) is 43.6 Å². The van der Waals surface area contributed by atoms with E-state index in [0.29, 0.717) is 16.7 Å². The van der Waals surface area contributed by atoms with E-state index in [4.69, 9.17) is 0 Å². The van der Waals surface area contributed by atoms with E-state index >= 15 is 14.0 Å². The number of allylic oxidation sites excluding steroid dienone is 4. The molecule has 4 aliphatic rings. The molecule has 6 unspecified atom stereocenters. The van der Waals surface area contributed by atoms with Crippen molar-refractivity contribution in [1.82, 2.24) is 0 Å². The van der Waals surface area contributed by atoms with E-state index in [0.717, 1.165) is 29.2 Å². The summed E-state index contributed by atoms with van der Waals surface area (Å²) in [5, 5.41) is 34.6. The minimum atomic E-state index is -1.64. The molecule has 8 rings (SSSR count). The minimum Gasteiger partial charge on any atom is -0.505 e. The van der Waals surface area contributed by atoms with Crippen LogP contribution in [0, 0.1) is 49.7 Å². The van der Waals surface area contributed by atoms with Gasteiger partial charge in [-0.3, -0.25) is 39.4 Å². The number of halogens is 1. The number of ketones is 2. The van der Waals surface area contributed by atoms with E-state index in [1.165, 1.54) is 31.1 Å². The molecule has 1 N–H and O–H groups in total. The monoisotopic (exact) mass is 756 g/mol. The first-order chi connectivity index (χ1) is 26.8. The fraction of sp³-hybridized carbons (Fsp3) is 0.238. The van der Waals surface area contributed by atoms with E-state index in [1.54, 1.807) is 66.7 Å². The Kier molecular flexibility index (Phi) is 8.51. The van der Waals surface area contributed by atoms with Gasteiger partial charge in [-0.05, 0) is 53.7 Å². The Morgan fingerprint density at radius 3 is 2.05 bits per heavy atom. The highest BCUT2D eigenvalue weighted by Gasteiger charge is 2.66. The summed E-state index contributed by atoms with van der Waals surface area (Å²) in [6.07, 6.45) is 3.00. The molecule has 1 heterocycles. The second-order valence-corrected chi connectivity index (χ2v) is 14.8. The Morgan fingerprint density at radius 1 is 0.839 bits per heavy atom. The topological polar surface area (TPSA) is 181 Å². The van der Waals surface area contributed by atoms with Gasteiger partial charge < -0.3 is 10.0 Å². The molecule has 2 amide bonds. The number of aromatic hydroxyl groups is 1. The third-order valence-electron chi connectivity index (χ3n) is 11.8. The quantitative estimate of drug-likeness (QED) is 0.0954. The van der Waals surface area contributed by atoms with Gasteiger partial charge in [0.25, 0.3) is 0 Å². The van der Waals surface area contributed by atoms with Crippen molar-refractivity contribution in [3.63, 3.8) is 0 Å². The Hall–Kier alpha value is -6.83. The van der Waals surface area contributed by atoms with Gasteiger partial charge in [0.2, 0.25) is 11.8 Å². The number of phenolic OH excluding ortho intramolecular Hbond substituents is 1. The molecule has 56 heavy (non-hydrogen) atoms. The maximum Gasteiger partial charge on any atom is 0.301 e. The normalized spacial score (nSPS) is 25.5. The summed E-state index contributed by atoms with van der Waals surface area (Å²) in [6.45, 7) is 0. The van der Waals surface area contributed by atoms with Gasteiger partial charge in [0.05, 0.1) is 32.8 Å². The zero-order valence-electron chi connectivity index (χ0n) is 30.0. The number of anilines is 2. The molecule has 3 aliphatic carbocycles. The molecule has 4 aromatic carbocycles. The molecule has 0 aromatic heterocycles. The van der Waals surface area contributed by atoms with Gasteiger partial charge in [-0.1, -0.05) is 78.4 Å². The van der Waals surface area contributed by atoms with Crippen LogP contribution in [0.1, 0.15) is 35.4 Å². The third-order valence-corrected chi connectivity index (χ3v) is 11.8. The van der Waals surface area contributed by atoms with Crippen LogP contribution in [-0.2, 0) is 24.6 Å². The summed E-state index contributed by atoms with van der Waals surface area (Å²) in [4.78, 5) is 83.9. The van der Waals surface area contributed by atoms with Gasteiger partial charge in [-0.15, -0.1) is 0 Å². The first kappa shape index (κ1) is 36.2. The second-order valence-electron chi connectivity index (χ2n) is 14.8. The number of carbonyl (C=O) groups excluding carboxylic acids is 4. The average Bonchev–Trinajstić information content (AvgIpc) is 3.45. The molecule has 13 nitrogen and oxygen atoms in total. The SMILES string of the molecule is CN(C)c1c([N+](=O)[O-])cc(N2C(=O)C3CC=C4C(CC5C(=O)C(c6ccccc6)=CC(=O)C5(c5ccccc5)C4c4ccc(O)c(F)c4)C3C2=O)cc1[N+](=O)[O-]. The highest BCUT2D eigenvalue weighted by molar-refractivity contribution is 6.32. The number of imide groups is 1. The Morgan fingerprint density at radius 2 is 1.46 bits per heavy atom. The van der Waals surface area contributed by atoms with Gasteiger partial charge in [-0.25, -0.2) is 9.29 Å². The molecular weight excluding hydrogens is 723 g/mol. The largest absolute Gasteiger partial charge is 0.505 e. The van der Waals surface area contributed by atoms with E-state index in [1.807, 2.05) is 0 Å². The molecule has 4 aromatic rings. The fourth-order valence-corrected chi connectivity index (χ4v) is 9.66. The maximum atomic E-state index is 15.4. The van der Waals surface area contributed by atoms with Crippen LogP contribution in [0.5, 0.6) is 5.75 Å². The number of nitrogens with zero attached hydrogens (tertiary/aromatic N) is 4. The Bertz CT molecular complexity index is 2430. The number of nitro groups is 2. The number of amides is 2. The van der Waals surface area contributed by atoms with Gasteiger partial charge in [-0.2, -0.15) is 0 Å². The lowest BCUT2D eigenvalue weighted by atomic mass is 9.44. The van der Waals surface area contributed by atoms with Crippen LogP contribution in [0.4, 0.5) is 27.1 Å². The minimum absolute atomic E-state index is 0.0165. The van der Waals surface area contributed by atoms with Crippen LogP contribution in [-0.4, -0.2) is 52.4 Å². The lowest BCUT2D eigenvalue weighted by Gasteiger charge is -2.55. The van der Waals surface area contributed by atoms with Crippen LogP contribution in [0.2, 0.25) is 0 Å². The summed E-state index contributed by atoms with van der Waals surface area (Å²) >= 11 is 0. The average molecular weight is 757 g/mol. The molecule has 1 saturated heterocycles. The number of hydrogen-bond donors (Lipinski definition) is 1. The van der Waals surface area contributed by atoms with Crippen molar-refractivity contribution in [3.8, 4) is 5.75 Å². The van der Waals surface area contributed by atoms with Crippen LogP contribution in [0.3, 0.4) is 0 Å². The number of rotatable bonds is 7. The molecule has 6 atom stereocenters. The van der Waals surface area contributed by atoms with Crippen molar-refractivity contribution in [2.75, 3.05) is 23.9 Å². The van der Waals surface area contributed by atoms with E-state index in [2.05, 4.69) is 0 Å². The molecule has 0 spiro atoms. The molecule has 2 fully saturated rings. The predicted octanol–water partition coefficient (Wildman–Crippen LogP) is 6.44. The number of phenols is 1. The summed E-state index contributed by atoms with van der Waals surface area (Å²) in [5.41, 5.74) is -1.71. The van der Waals surface area contributed by atoms with Crippen LogP contribution < -0.4 is 9.80 Å². The summed E-state index contributed by atoms with van der Waals surface area (Å²) in [6, 6.07) is 23.1. The molecule has 14 heteroatoms. The standard InChI is InChI=1S/C42H33FN4O9/c1-44(2)38-32(46(53)54)18-25(19-33(38)47(55)56)45-40(51)27-15-14-26-29(36(27)41(45)52)20-30-39(50)28(22-9-5-3-6-10-22)21-35(49)42(30,24-11-7-4-8-12-24)37(26)23-13-16-34(48)31(43)17-23/h3-14,16-19,21,27,29-30,36-37,48H,15,20H2,1-2H3. The molecule has 282 valence electrons. The number of Topliss-reactive ketones (excluding diaryl/α,β-unsaturated/α-hetero) is 1. The van der Waals surface area contributed by atoms with Gasteiger partial charge in [0.15, 0.2) is 28.8 Å². The maximum absolute atomic E-state index is 15.4. The molecule has 0 radical (unpaired) electrons. The van der Waals surface area contributed by atoms with Gasteiger partial charge in [0.1, 0.15) is 0 Å². The summed E-state index contributed by atoms with van der Waals surface area (Å²) in [5.74, 6) is -9.07. The second kappa shape index (κ2) is 13.2. The zero-order chi connectivity index (χ0) is 39.8. The molecule has 0 bridgehead atoms. The van der Waals surface area contributed by atoms with Crippen molar-refractivity contribution in [3.05, 3.63) is 151 Å². The summed E-state index contributed by atoms with van der Waals surface area (Å²) in [7, 11) is 2.79. The van der Waals surface area contributed by atoms with Crippen molar-refractivity contribution in [2.24, 2.45) is 23.7 Å². The predicted molar refractivity (Wildman–Crippen MR) is 201 cm³/mol. The first-order valence-corrected chi connectivity index (χ1v) is 17.9. The smallest absolute Gasteiger partial charge is 0.301 e. The molecular formula is C42H33FN4O9. The van der Waals surface area contributed by atoms with Crippen molar-refractivity contribution >= 4 is 51.7 Å². The van der Waals surface area contributed by atoms with Gasteiger partial charge >= 0.3 is 11.4 Å². The first-order valence-electron chi connectivity index (χ1n) is 17.9. The van der Waals surface area contributed by atoms with E-state index in [-0.39, 0.29) is 41.1 Å². The van der Waals surface area contributed by atoms with Crippen LogP contribution >= 0.6 is 0 Å².